The minimum absolute atomic E-state index is 0.582. The predicted molar refractivity (Wildman–Crippen MR) is 95.5 cm³/mol. The molecule has 1 N–H and O–H groups in total. The number of rotatable bonds is 4. The number of fused-ring (bicyclic) bond motifs is 3. The van der Waals surface area contributed by atoms with Crippen molar-refractivity contribution < 1.29 is 0 Å². The average Bonchev–Trinajstić information content (AvgIpc) is 3.17. The molecule has 4 nitrogen and oxygen atoms in total. The summed E-state index contributed by atoms with van der Waals surface area (Å²) in [6, 6.07) is 0. The molecule has 3 aromatic heterocycles. The van der Waals surface area contributed by atoms with E-state index < -0.39 is 0 Å². The maximum absolute atomic E-state index is 4.90. The summed E-state index contributed by atoms with van der Waals surface area (Å²) < 4.78 is 0. The third-order valence-electron chi connectivity index (χ3n) is 4.69. The molecule has 0 radical (unpaired) electrons. The summed E-state index contributed by atoms with van der Waals surface area (Å²) in [5.74, 6) is 2.65. The first-order valence-electron chi connectivity index (χ1n) is 8.31. The summed E-state index contributed by atoms with van der Waals surface area (Å²) in [5, 5.41) is 6.92. The zero-order chi connectivity index (χ0) is 15.2. The molecular weight excluding hydrogens is 324 g/mol. The number of thiazole rings is 1. The Hall–Kier alpha value is -1.53. The molecule has 3 aromatic rings. The highest BCUT2D eigenvalue weighted by atomic mass is 32.1. The molecule has 6 heteroatoms. The van der Waals surface area contributed by atoms with E-state index in [0.717, 1.165) is 23.9 Å². The van der Waals surface area contributed by atoms with Crippen molar-refractivity contribution in [2.45, 2.75) is 51.0 Å². The Morgan fingerprint density at radius 2 is 2.09 bits per heavy atom. The van der Waals surface area contributed by atoms with E-state index in [0.29, 0.717) is 5.92 Å². The van der Waals surface area contributed by atoms with Crippen LogP contribution in [0.3, 0.4) is 0 Å². The van der Waals surface area contributed by atoms with E-state index in [1.165, 1.54) is 59.2 Å². The number of thiophene rings is 1. The van der Waals surface area contributed by atoms with Crippen molar-refractivity contribution in [1.29, 1.82) is 0 Å². The Morgan fingerprint density at radius 1 is 1.17 bits per heavy atom. The lowest BCUT2D eigenvalue weighted by Gasteiger charge is -2.13. The second-order valence-corrected chi connectivity index (χ2v) is 8.23. The van der Waals surface area contributed by atoms with Gasteiger partial charge in [-0.1, -0.05) is 0 Å². The molecule has 0 bridgehead atoms. The number of hydrogen-bond acceptors (Lipinski definition) is 6. The normalized spacial score (nSPS) is 17.4. The number of nitrogens with one attached hydrogen (secondary N) is 1. The van der Waals surface area contributed by atoms with E-state index in [1.54, 1.807) is 11.3 Å². The fraction of sp³-hybridized carbons (Fsp3) is 0.471. The van der Waals surface area contributed by atoms with Crippen molar-refractivity contribution in [1.82, 2.24) is 15.0 Å². The highest BCUT2D eigenvalue weighted by Crippen LogP contribution is 2.43. The molecule has 0 amide bonds. The Labute approximate surface area is 143 Å². The van der Waals surface area contributed by atoms with Crippen LogP contribution in [0.4, 0.5) is 5.82 Å². The van der Waals surface area contributed by atoms with E-state index >= 15 is 0 Å². The van der Waals surface area contributed by atoms with Crippen molar-refractivity contribution in [3.63, 3.8) is 0 Å². The summed E-state index contributed by atoms with van der Waals surface area (Å²) in [6.45, 7) is 0.740. The van der Waals surface area contributed by atoms with Crippen LogP contribution < -0.4 is 5.32 Å². The van der Waals surface area contributed by atoms with Crippen LogP contribution in [0.15, 0.2) is 10.9 Å². The number of aryl methyl sites for hydroxylation is 2. The lowest BCUT2D eigenvalue weighted by atomic mass is 9.97. The molecule has 0 saturated heterocycles. The van der Waals surface area contributed by atoms with Gasteiger partial charge in [-0.2, -0.15) is 0 Å². The van der Waals surface area contributed by atoms with Gasteiger partial charge in [-0.15, -0.1) is 22.7 Å². The second kappa shape index (κ2) is 5.53. The third-order valence-corrected chi connectivity index (χ3v) is 6.52. The summed E-state index contributed by atoms with van der Waals surface area (Å²) >= 11 is 3.53. The van der Waals surface area contributed by atoms with Crippen molar-refractivity contribution in [2.75, 3.05) is 5.32 Å². The highest BCUT2D eigenvalue weighted by Gasteiger charge is 2.29. The van der Waals surface area contributed by atoms with Gasteiger partial charge in [-0.3, -0.25) is 0 Å². The van der Waals surface area contributed by atoms with Gasteiger partial charge < -0.3 is 5.32 Å². The summed E-state index contributed by atoms with van der Waals surface area (Å²) in [5.41, 5.74) is 4.47. The molecule has 0 atom stereocenters. The van der Waals surface area contributed by atoms with Crippen LogP contribution in [0.1, 0.15) is 53.6 Å². The summed E-state index contributed by atoms with van der Waals surface area (Å²) in [7, 11) is 0. The molecule has 1 fully saturated rings. The summed E-state index contributed by atoms with van der Waals surface area (Å²) in [4.78, 5) is 16.9. The fourth-order valence-corrected chi connectivity index (χ4v) is 5.15. The predicted octanol–water partition coefficient (Wildman–Crippen LogP) is 4.52. The Kier molecular flexibility index (Phi) is 3.33. The molecule has 118 valence electrons. The fourth-order valence-electron chi connectivity index (χ4n) is 3.33. The van der Waals surface area contributed by atoms with Crippen LogP contribution >= 0.6 is 22.7 Å². The molecule has 23 heavy (non-hydrogen) atoms. The first kappa shape index (κ1) is 13.9. The molecule has 0 spiro atoms. The first-order valence-corrected chi connectivity index (χ1v) is 10.1. The van der Waals surface area contributed by atoms with Gasteiger partial charge in [-0.25, -0.2) is 15.0 Å². The molecule has 0 aromatic carbocycles. The zero-order valence-corrected chi connectivity index (χ0v) is 14.5. The SMILES string of the molecule is c1nc(CNc2nc(C3CC3)nc3sc4c(c23)CCCC4)cs1. The number of aromatic nitrogens is 3. The van der Waals surface area contributed by atoms with Crippen LogP contribution in [0.2, 0.25) is 0 Å². The molecule has 2 aliphatic rings. The van der Waals surface area contributed by atoms with Crippen LogP contribution in [0, 0.1) is 0 Å². The number of anilines is 1. The van der Waals surface area contributed by atoms with E-state index in [-0.39, 0.29) is 0 Å². The highest BCUT2D eigenvalue weighted by molar-refractivity contribution is 7.19. The van der Waals surface area contributed by atoms with E-state index in [9.17, 15) is 0 Å². The van der Waals surface area contributed by atoms with Crippen LogP contribution in [-0.4, -0.2) is 15.0 Å². The van der Waals surface area contributed by atoms with Crippen molar-refractivity contribution in [3.05, 3.63) is 32.8 Å². The molecule has 0 unspecified atom stereocenters. The lowest BCUT2D eigenvalue weighted by molar-refractivity contribution is 0.700. The van der Waals surface area contributed by atoms with Crippen molar-refractivity contribution in [3.8, 4) is 0 Å². The molecular formula is C17H18N4S2. The molecule has 0 aliphatic heterocycles. The monoisotopic (exact) mass is 342 g/mol. The standard InChI is InChI=1S/C17H18N4S2/c1-2-4-13-12(3-1)14-16(18-7-11-8-22-9-19-11)20-15(10-5-6-10)21-17(14)23-13/h8-10H,1-7H2,(H,18,20,21). The molecule has 1 saturated carbocycles. The van der Waals surface area contributed by atoms with Gasteiger partial charge in [0.05, 0.1) is 23.1 Å². The Morgan fingerprint density at radius 3 is 2.91 bits per heavy atom. The van der Waals surface area contributed by atoms with Gasteiger partial charge in [0.25, 0.3) is 0 Å². The van der Waals surface area contributed by atoms with Gasteiger partial charge in [0, 0.05) is 16.2 Å². The minimum Gasteiger partial charge on any atom is -0.364 e. The molecule has 5 rings (SSSR count). The first-order chi connectivity index (χ1) is 11.4. The third kappa shape index (κ3) is 2.54. The van der Waals surface area contributed by atoms with Crippen LogP contribution in [-0.2, 0) is 19.4 Å². The summed E-state index contributed by atoms with van der Waals surface area (Å²) in [6.07, 6.45) is 7.46. The lowest BCUT2D eigenvalue weighted by Crippen LogP contribution is -2.06. The van der Waals surface area contributed by atoms with Gasteiger partial charge in [-0.05, 0) is 44.1 Å². The maximum atomic E-state index is 4.90. The quantitative estimate of drug-likeness (QED) is 0.757. The Bertz CT molecular complexity index is 849. The Balaban J connectivity index is 1.60. The van der Waals surface area contributed by atoms with E-state index in [1.807, 2.05) is 16.8 Å². The molecule has 2 aliphatic carbocycles. The number of nitrogens with zero attached hydrogens (tertiary/aromatic N) is 3. The minimum atomic E-state index is 0.582. The van der Waals surface area contributed by atoms with Gasteiger partial charge >= 0.3 is 0 Å². The van der Waals surface area contributed by atoms with Gasteiger partial charge in [0.2, 0.25) is 0 Å². The van der Waals surface area contributed by atoms with Crippen LogP contribution in [0.25, 0.3) is 10.2 Å². The number of hydrogen-bond donors (Lipinski definition) is 1. The maximum Gasteiger partial charge on any atom is 0.139 e. The average molecular weight is 342 g/mol. The second-order valence-electron chi connectivity index (χ2n) is 6.43. The smallest absolute Gasteiger partial charge is 0.139 e. The van der Waals surface area contributed by atoms with E-state index in [2.05, 4.69) is 15.7 Å². The largest absolute Gasteiger partial charge is 0.364 e. The molecule has 3 heterocycles. The van der Waals surface area contributed by atoms with E-state index in [4.69, 9.17) is 9.97 Å². The van der Waals surface area contributed by atoms with Crippen LogP contribution in [0.5, 0.6) is 0 Å². The van der Waals surface area contributed by atoms with Crippen molar-refractivity contribution in [2.24, 2.45) is 0 Å². The topological polar surface area (TPSA) is 50.7 Å². The van der Waals surface area contributed by atoms with Gasteiger partial charge in [0.1, 0.15) is 16.5 Å². The van der Waals surface area contributed by atoms with Crippen molar-refractivity contribution >= 4 is 38.7 Å². The van der Waals surface area contributed by atoms with Gasteiger partial charge in [0.15, 0.2) is 0 Å². The zero-order valence-electron chi connectivity index (χ0n) is 12.8.